The second kappa shape index (κ2) is 8.34. The maximum Gasteiger partial charge on any atom is 0.321 e. The molecular formula is C24H23N7O2. The molecule has 9 nitrogen and oxygen atoms in total. The van der Waals surface area contributed by atoms with E-state index in [9.17, 15) is 4.79 Å². The molecule has 1 unspecified atom stereocenters. The van der Waals surface area contributed by atoms with Crippen LogP contribution in [0.3, 0.4) is 0 Å². The van der Waals surface area contributed by atoms with Gasteiger partial charge in [0.25, 0.3) is 0 Å². The summed E-state index contributed by atoms with van der Waals surface area (Å²) >= 11 is 0. The highest BCUT2D eigenvalue weighted by Crippen LogP contribution is 2.42. The number of nitrogen functional groups attached to an aromatic ring is 1. The minimum atomic E-state index is -0.0539. The number of ether oxygens (including phenoxy) is 1. The van der Waals surface area contributed by atoms with E-state index >= 15 is 0 Å². The lowest BCUT2D eigenvalue weighted by Gasteiger charge is -2.17. The predicted molar refractivity (Wildman–Crippen MR) is 125 cm³/mol. The SMILES string of the molecule is C=CC(=O)N1CCC(c2c(-c3ccc(Oc4ncccn4)cc3)c3c(N)ncnc3n2C)C1. The summed E-state index contributed by atoms with van der Waals surface area (Å²) < 4.78 is 7.81. The predicted octanol–water partition coefficient (Wildman–Crippen LogP) is 3.30. The summed E-state index contributed by atoms with van der Waals surface area (Å²) in [5, 5.41) is 0.809. The molecule has 1 atom stereocenters. The minimum Gasteiger partial charge on any atom is -0.424 e. The summed E-state index contributed by atoms with van der Waals surface area (Å²) in [5.74, 6) is 1.13. The van der Waals surface area contributed by atoms with Crippen LogP contribution in [0.5, 0.6) is 11.8 Å². The number of carbonyl (C=O) groups is 1. The number of aromatic nitrogens is 5. The van der Waals surface area contributed by atoms with Crippen LogP contribution in [0.1, 0.15) is 18.0 Å². The maximum atomic E-state index is 12.2. The van der Waals surface area contributed by atoms with Gasteiger partial charge in [0.15, 0.2) is 0 Å². The van der Waals surface area contributed by atoms with E-state index in [0.29, 0.717) is 24.7 Å². The lowest BCUT2D eigenvalue weighted by atomic mass is 9.94. The molecule has 0 radical (unpaired) electrons. The van der Waals surface area contributed by atoms with Crippen LogP contribution >= 0.6 is 0 Å². The van der Waals surface area contributed by atoms with Gasteiger partial charge in [-0.05, 0) is 36.3 Å². The van der Waals surface area contributed by atoms with Crippen molar-refractivity contribution in [3.63, 3.8) is 0 Å². The summed E-state index contributed by atoms with van der Waals surface area (Å²) in [5.41, 5.74) is 10.1. The Balaban J connectivity index is 1.58. The van der Waals surface area contributed by atoms with E-state index in [1.165, 1.54) is 12.4 Å². The Hall–Kier alpha value is -4.27. The van der Waals surface area contributed by atoms with Crippen molar-refractivity contribution >= 4 is 22.8 Å². The molecule has 0 saturated carbocycles. The van der Waals surface area contributed by atoms with Crippen LogP contribution in [0.15, 0.2) is 61.7 Å². The summed E-state index contributed by atoms with van der Waals surface area (Å²) in [6.45, 7) is 4.91. The molecule has 1 saturated heterocycles. The Morgan fingerprint density at radius 3 is 2.67 bits per heavy atom. The van der Waals surface area contributed by atoms with Gasteiger partial charge in [0, 0.05) is 49.7 Å². The molecule has 0 bridgehead atoms. The van der Waals surface area contributed by atoms with Gasteiger partial charge in [-0.25, -0.2) is 19.9 Å². The fourth-order valence-electron chi connectivity index (χ4n) is 4.51. The van der Waals surface area contributed by atoms with Crippen molar-refractivity contribution in [1.29, 1.82) is 0 Å². The first kappa shape index (κ1) is 20.6. The monoisotopic (exact) mass is 441 g/mol. The van der Waals surface area contributed by atoms with Crippen molar-refractivity contribution in [2.24, 2.45) is 7.05 Å². The zero-order valence-corrected chi connectivity index (χ0v) is 18.2. The van der Waals surface area contributed by atoms with Crippen molar-refractivity contribution in [1.82, 2.24) is 29.4 Å². The third kappa shape index (κ3) is 3.67. The highest BCUT2D eigenvalue weighted by Gasteiger charge is 2.32. The van der Waals surface area contributed by atoms with Crippen molar-refractivity contribution in [2.75, 3.05) is 18.8 Å². The zero-order valence-electron chi connectivity index (χ0n) is 18.2. The number of aryl methyl sites for hydroxylation is 1. The first-order chi connectivity index (χ1) is 16.1. The minimum absolute atomic E-state index is 0.0539. The van der Waals surface area contributed by atoms with E-state index in [1.54, 1.807) is 18.5 Å². The van der Waals surface area contributed by atoms with Gasteiger partial charge in [-0.1, -0.05) is 18.7 Å². The van der Waals surface area contributed by atoms with Gasteiger partial charge in [0.2, 0.25) is 5.91 Å². The normalized spacial score (nSPS) is 15.7. The Kier molecular flexibility index (Phi) is 5.21. The number of rotatable bonds is 5. The number of nitrogens with two attached hydrogens (primary N) is 1. The van der Waals surface area contributed by atoms with E-state index in [2.05, 4.69) is 31.1 Å². The fourth-order valence-corrected chi connectivity index (χ4v) is 4.51. The van der Waals surface area contributed by atoms with Crippen molar-refractivity contribution < 1.29 is 9.53 Å². The topological polar surface area (TPSA) is 112 Å². The number of hydrogen-bond donors (Lipinski definition) is 1. The molecule has 4 heterocycles. The number of carbonyl (C=O) groups excluding carboxylic acids is 1. The van der Waals surface area contributed by atoms with Crippen LogP contribution in [-0.4, -0.2) is 48.4 Å². The molecule has 1 amide bonds. The van der Waals surface area contributed by atoms with E-state index in [-0.39, 0.29) is 17.8 Å². The standard InChI is InChI=1S/C24H23N7O2/c1-3-18(32)31-12-9-16(13-31)21-19(20-22(25)28-14-29-23(20)30(21)2)15-5-7-17(8-6-15)33-24-26-10-4-11-27-24/h3-8,10-11,14,16H,1,9,12-13H2,2H3,(H2,25,28,29). The molecule has 5 rings (SSSR count). The molecule has 1 fully saturated rings. The molecule has 9 heteroatoms. The van der Waals surface area contributed by atoms with Gasteiger partial charge < -0.3 is 19.9 Å². The van der Waals surface area contributed by atoms with Crippen molar-refractivity contribution in [2.45, 2.75) is 12.3 Å². The average molecular weight is 441 g/mol. The Morgan fingerprint density at radius 1 is 1.18 bits per heavy atom. The largest absolute Gasteiger partial charge is 0.424 e. The first-order valence-electron chi connectivity index (χ1n) is 10.6. The van der Waals surface area contributed by atoms with Crippen LogP contribution in [0.25, 0.3) is 22.2 Å². The molecule has 33 heavy (non-hydrogen) atoms. The number of benzene rings is 1. The van der Waals surface area contributed by atoms with Gasteiger partial charge in [0.1, 0.15) is 23.5 Å². The summed E-state index contributed by atoms with van der Waals surface area (Å²) in [6, 6.07) is 9.71. The highest BCUT2D eigenvalue weighted by molar-refractivity contribution is 6.02. The van der Waals surface area contributed by atoms with Crippen LogP contribution in [0.4, 0.5) is 5.82 Å². The first-order valence-corrected chi connectivity index (χ1v) is 10.6. The lowest BCUT2D eigenvalue weighted by Crippen LogP contribution is -2.26. The van der Waals surface area contributed by atoms with Gasteiger partial charge in [0.05, 0.1) is 5.39 Å². The number of nitrogens with zero attached hydrogens (tertiary/aromatic N) is 6. The summed E-state index contributed by atoms with van der Waals surface area (Å²) in [7, 11) is 1.98. The molecule has 4 aromatic rings. The molecular weight excluding hydrogens is 418 g/mol. The smallest absolute Gasteiger partial charge is 0.321 e. The van der Waals surface area contributed by atoms with E-state index in [0.717, 1.165) is 34.3 Å². The highest BCUT2D eigenvalue weighted by atomic mass is 16.5. The van der Waals surface area contributed by atoms with Crippen molar-refractivity contribution in [3.05, 3.63) is 67.4 Å². The number of hydrogen-bond acceptors (Lipinski definition) is 7. The van der Waals surface area contributed by atoms with Crippen LogP contribution in [0.2, 0.25) is 0 Å². The Morgan fingerprint density at radius 2 is 1.94 bits per heavy atom. The second-order valence-electron chi connectivity index (χ2n) is 7.91. The van der Waals surface area contributed by atoms with Gasteiger partial charge in [-0.15, -0.1) is 0 Å². The van der Waals surface area contributed by atoms with Crippen LogP contribution in [-0.2, 0) is 11.8 Å². The number of amides is 1. The molecule has 1 aromatic carbocycles. The number of fused-ring (bicyclic) bond motifs is 1. The molecule has 0 spiro atoms. The summed E-state index contributed by atoms with van der Waals surface area (Å²) in [4.78, 5) is 30.9. The maximum absolute atomic E-state index is 12.2. The molecule has 2 N–H and O–H groups in total. The number of anilines is 1. The van der Waals surface area contributed by atoms with Gasteiger partial charge >= 0.3 is 6.01 Å². The van der Waals surface area contributed by atoms with Gasteiger partial charge in [-0.3, -0.25) is 4.79 Å². The Labute approximate surface area is 190 Å². The zero-order chi connectivity index (χ0) is 22.9. The average Bonchev–Trinajstić information content (AvgIpc) is 3.43. The molecule has 3 aromatic heterocycles. The Bertz CT molecular complexity index is 1330. The van der Waals surface area contributed by atoms with E-state index in [4.69, 9.17) is 10.5 Å². The van der Waals surface area contributed by atoms with E-state index in [1.807, 2.05) is 36.2 Å². The van der Waals surface area contributed by atoms with Crippen LogP contribution in [0, 0.1) is 0 Å². The quantitative estimate of drug-likeness (QED) is 0.473. The third-order valence-corrected chi connectivity index (χ3v) is 6.00. The fraction of sp³-hybridized carbons (Fsp3) is 0.208. The van der Waals surface area contributed by atoms with Crippen molar-refractivity contribution in [3.8, 4) is 22.9 Å². The second-order valence-corrected chi connectivity index (χ2v) is 7.91. The lowest BCUT2D eigenvalue weighted by molar-refractivity contribution is -0.125. The van der Waals surface area contributed by atoms with Crippen LogP contribution < -0.4 is 10.5 Å². The number of likely N-dealkylation sites (tertiary alicyclic amines) is 1. The molecule has 1 aliphatic heterocycles. The van der Waals surface area contributed by atoms with Gasteiger partial charge in [-0.2, -0.15) is 0 Å². The molecule has 166 valence electrons. The third-order valence-electron chi connectivity index (χ3n) is 6.00. The molecule has 1 aliphatic rings. The molecule has 0 aliphatic carbocycles. The van der Waals surface area contributed by atoms with E-state index < -0.39 is 0 Å². The summed E-state index contributed by atoms with van der Waals surface area (Å²) in [6.07, 6.45) is 6.94.